The topological polar surface area (TPSA) is 105 Å². The highest BCUT2D eigenvalue weighted by Gasteiger charge is 2.08. The first-order valence-corrected chi connectivity index (χ1v) is 9.05. The molecule has 2 rings (SSSR count). The smallest absolute Gasteiger partial charge is 0.322 e. The minimum Gasteiger partial charge on any atom is -0.494 e. The quantitative estimate of drug-likeness (QED) is 0.583. The molecule has 0 aliphatic carbocycles. The number of nitrogens with one attached hydrogen (secondary N) is 2. The van der Waals surface area contributed by atoms with Crippen LogP contribution in [0.15, 0.2) is 48.5 Å². The van der Waals surface area contributed by atoms with Gasteiger partial charge >= 0.3 is 5.97 Å². The minimum atomic E-state index is -1.09. The van der Waals surface area contributed by atoms with E-state index in [1.54, 1.807) is 24.3 Å². The fourth-order valence-corrected chi connectivity index (χ4v) is 2.48. The number of amides is 2. The normalized spacial score (nSPS) is 10.2. The van der Waals surface area contributed by atoms with Gasteiger partial charge in [-0.3, -0.25) is 14.4 Å². The van der Waals surface area contributed by atoms with E-state index in [1.807, 2.05) is 31.2 Å². The van der Waals surface area contributed by atoms with Crippen molar-refractivity contribution in [1.82, 2.24) is 5.32 Å². The van der Waals surface area contributed by atoms with Crippen molar-refractivity contribution in [2.45, 2.75) is 26.2 Å². The van der Waals surface area contributed by atoms with Gasteiger partial charge in [-0.25, -0.2) is 0 Å². The Bertz CT molecular complexity index is 818. The monoisotopic (exact) mass is 384 g/mol. The van der Waals surface area contributed by atoms with Crippen molar-refractivity contribution in [3.05, 3.63) is 59.7 Å². The summed E-state index contributed by atoms with van der Waals surface area (Å²) in [6.45, 7) is 2.26. The van der Waals surface area contributed by atoms with E-state index in [9.17, 15) is 14.4 Å². The predicted molar refractivity (Wildman–Crippen MR) is 105 cm³/mol. The number of ether oxygens (including phenoxy) is 1. The Morgan fingerprint density at radius 2 is 1.68 bits per heavy atom. The standard InChI is InChI=1S/C21H24N2O5/c1-2-10-28-18-5-3-4-16(11-18)13-20(25)23-17-8-6-15(7-9-17)12-19(24)22-14-21(26)27/h3-9,11H,2,10,12-14H2,1H3,(H,22,24)(H,23,25)(H,26,27). The van der Waals surface area contributed by atoms with Gasteiger partial charge < -0.3 is 20.5 Å². The maximum Gasteiger partial charge on any atom is 0.322 e. The third kappa shape index (κ3) is 7.49. The summed E-state index contributed by atoms with van der Waals surface area (Å²) < 4.78 is 5.57. The van der Waals surface area contributed by atoms with Crippen molar-refractivity contribution in [3.63, 3.8) is 0 Å². The van der Waals surface area contributed by atoms with Crippen LogP contribution in [-0.4, -0.2) is 36.0 Å². The highest BCUT2D eigenvalue weighted by atomic mass is 16.5. The zero-order valence-electron chi connectivity index (χ0n) is 15.7. The van der Waals surface area contributed by atoms with E-state index < -0.39 is 12.5 Å². The minimum absolute atomic E-state index is 0.0755. The van der Waals surface area contributed by atoms with Crippen LogP contribution in [0.5, 0.6) is 5.75 Å². The molecule has 0 saturated heterocycles. The van der Waals surface area contributed by atoms with Gasteiger partial charge in [0.05, 0.1) is 19.4 Å². The first-order chi connectivity index (χ1) is 13.5. The summed E-state index contributed by atoms with van der Waals surface area (Å²) in [6.07, 6.45) is 1.22. The number of hydrogen-bond acceptors (Lipinski definition) is 4. The maximum absolute atomic E-state index is 12.2. The summed E-state index contributed by atoms with van der Waals surface area (Å²) in [7, 11) is 0. The Labute approximate surface area is 163 Å². The fraction of sp³-hybridized carbons (Fsp3) is 0.286. The van der Waals surface area contributed by atoms with Crippen molar-refractivity contribution in [3.8, 4) is 5.75 Å². The van der Waals surface area contributed by atoms with Gasteiger partial charge in [-0.05, 0) is 41.8 Å². The van der Waals surface area contributed by atoms with E-state index in [1.165, 1.54) is 0 Å². The zero-order chi connectivity index (χ0) is 20.4. The summed E-state index contributed by atoms with van der Waals surface area (Å²) in [4.78, 5) is 34.3. The second kappa shape index (κ2) is 10.7. The molecule has 148 valence electrons. The number of anilines is 1. The van der Waals surface area contributed by atoms with Crippen LogP contribution in [0.1, 0.15) is 24.5 Å². The molecule has 28 heavy (non-hydrogen) atoms. The molecule has 0 spiro atoms. The molecule has 3 N–H and O–H groups in total. The molecule has 0 unspecified atom stereocenters. The maximum atomic E-state index is 12.2. The number of carbonyl (C=O) groups is 3. The highest BCUT2D eigenvalue weighted by molar-refractivity contribution is 5.92. The van der Waals surface area contributed by atoms with Gasteiger partial charge in [0, 0.05) is 5.69 Å². The molecule has 2 amide bonds. The molecule has 0 aliphatic heterocycles. The molecule has 0 saturated carbocycles. The molecule has 0 bridgehead atoms. The average molecular weight is 384 g/mol. The summed E-state index contributed by atoms with van der Waals surface area (Å²) in [5.41, 5.74) is 2.21. The Morgan fingerprint density at radius 3 is 2.36 bits per heavy atom. The first-order valence-electron chi connectivity index (χ1n) is 9.05. The van der Waals surface area contributed by atoms with Crippen LogP contribution in [0.2, 0.25) is 0 Å². The van der Waals surface area contributed by atoms with Gasteiger partial charge in [0.2, 0.25) is 11.8 Å². The molecule has 0 radical (unpaired) electrons. The van der Waals surface area contributed by atoms with Crippen molar-refractivity contribution in [1.29, 1.82) is 0 Å². The van der Waals surface area contributed by atoms with Gasteiger partial charge in [0.1, 0.15) is 12.3 Å². The molecular weight excluding hydrogens is 360 g/mol. The lowest BCUT2D eigenvalue weighted by molar-refractivity contribution is -0.137. The Kier molecular flexibility index (Phi) is 8.02. The Hall–Kier alpha value is -3.35. The zero-order valence-corrected chi connectivity index (χ0v) is 15.7. The molecule has 0 heterocycles. The number of carboxylic acid groups (broad SMARTS) is 1. The summed E-state index contributed by atoms with van der Waals surface area (Å²) >= 11 is 0. The summed E-state index contributed by atoms with van der Waals surface area (Å²) in [5, 5.41) is 13.7. The third-order valence-electron chi connectivity index (χ3n) is 3.78. The first kappa shape index (κ1) is 21.0. The van der Waals surface area contributed by atoms with E-state index in [4.69, 9.17) is 9.84 Å². The Morgan fingerprint density at radius 1 is 0.964 bits per heavy atom. The van der Waals surface area contributed by atoms with Crippen molar-refractivity contribution >= 4 is 23.5 Å². The summed E-state index contributed by atoms with van der Waals surface area (Å²) in [6, 6.07) is 14.3. The van der Waals surface area contributed by atoms with E-state index in [2.05, 4.69) is 10.6 Å². The third-order valence-corrected chi connectivity index (χ3v) is 3.78. The molecule has 0 atom stereocenters. The number of rotatable bonds is 10. The van der Waals surface area contributed by atoms with Crippen LogP contribution >= 0.6 is 0 Å². The SMILES string of the molecule is CCCOc1cccc(CC(=O)Nc2ccc(CC(=O)NCC(=O)O)cc2)c1. The predicted octanol–water partition coefficient (Wildman–Crippen LogP) is 2.40. The van der Waals surface area contributed by atoms with E-state index in [-0.39, 0.29) is 24.7 Å². The molecular formula is C21H24N2O5. The van der Waals surface area contributed by atoms with Crippen LogP contribution < -0.4 is 15.4 Å². The van der Waals surface area contributed by atoms with Gasteiger partial charge in [0.25, 0.3) is 0 Å². The van der Waals surface area contributed by atoms with Crippen molar-refractivity contribution in [2.75, 3.05) is 18.5 Å². The Balaban J connectivity index is 1.85. The van der Waals surface area contributed by atoms with Gasteiger partial charge in [0.15, 0.2) is 0 Å². The largest absolute Gasteiger partial charge is 0.494 e. The van der Waals surface area contributed by atoms with Crippen LogP contribution in [0.4, 0.5) is 5.69 Å². The number of carbonyl (C=O) groups excluding carboxylic acids is 2. The van der Waals surface area contributed by atoms with Gasteiger partial charge in [-0.15, -0.1) is 0 Å². The van der Waals surface area contributed by atoms with E-state index in [0.717, 1.165) is 23.3 Å². The average Bonchev–Trinajstić information content (AvgIpc) is 2.66. The van der Waals surface area contributed by atoms with E-state index >= 15 is 0 Å². The number of carboxylic acids is 1. The molecule has 0 aromatic heterocycles. The molecule has 2 aromatic carbocycles. The number of hydrogen-bond donors (Lipinski definition) is 3. The van der Waals surface area contributed by atoms with Crippen LogP contribution in [0.25, 0.3) is 0 Å². The van der Waals surface area contributed by atoms with Gasteiger partial charge in [-0.2, -0.15) is 0 Å². The van der Waals surface area contributed by atoms with Crippen LogP contribution in [0.3, 0.4) is 0 Å². The number of aliphatic carboxylic acids is 1. The molecule has 2 aromatic rings. The molecule has 7 heteroatoms. The van der Waals surface area contributed by atoms with Gasteiger partial charge in [-0.1, -0.05) is 31.2 Å². The molecule has 0 aliphatic rings. The second-order valence-corrected chi connectivity index (χ2v) is 6.26. The van der Waals surface area contributed by atoms with E-state index in [0.29, 0.717) is 12.3 Å². The van der Waals surface area contributed by atoms with Crippen molar-refractivity contribution < 1.29 is 24.2 Å². The lowest BCUT2D eigenvalue weighted by atomic mass is 10.1. The lowest BCUT2D eigenvalue weighted by Gasteiger charge is -2.09. The van der Waals surface area contributed by atoms with Crippen LogP contribution in [0, 0.1) is 0 Å². The lowest BCUT2D eigenvalue weighted by Crippen LogP contribution is -2.30. The van der Waals surface area contributed by atoms with Crippen molar-refractivity contribution in [2.24, 2.45) is 0 Å². The molecule has 7 nitrogen and oxygen atoms in total. The highest BCUT2D eigenvalue weighted by Crippen LogP contribution is 2.15. The number of benzene rings is 2. The summed E-state index contributed by atoms with van der Waals surface area (Å²) in [5.74, 6) is -0.865. The van der Waals surface area contributed by atoms with Crippen LogP contribution in [-0.2, 0) is 27.2 Å². The molecule has 0 fully saturated rings. The fourth-order valence-electron chi connectivity index (χ4n) is 2.48. The second-order valence-electron chi connectivity index (χ2n) is 6.26.